The van der Waals surface area contributed by atoms with Crippen molar-refractivity contribution in [3.05, 3.63) is 94.6 Å². The minimum Gasteiger partial charge on any atom is -0.493 e. The van der Waals surface area contributed by atoms with E-state index in [-0.39, 0.29) is 22.7 Å². The fourth-order valence-electron chi connectivity index (χ4n) is 3.59. The van der Waals surface area contributed by atoms with Gasteiger partial charge >= 0.3 is 18.2 Å². The summed E-state index contributed by atoms with van der Waals surface area (Å²) in [6.07, 6.45) is -3.57. The van der Waals surface area contributed by atoms with Crippen LogP contribution in [0.25, 0.3) is 6.08 Å². The van der Waals surface area contributed by atoms with Gasteiger partial charge in [-0.2, -0.15) is 13.2 Å². The maximum Gasteiger partial charge on any atom is 0.416 e. The molecule has 1 N–H and O–H groups in total. The Bertz CT molecular complexity index is 1480. The number of alkyl halides is 3. The van der Waals surface area contributed by atoms with Crippen LogP contribution in [0.15, 0.2) is 72.3 Å². The van der Waals surface area contributed by atoms with Crippen molar-refractivity contribution in [3.8, 4) is 11.5 Å². The highest BCUT2D eigenvalue weighted by Crippen LogP contribution is 2.33. The van der Waals surface area contributed by atoms with Gasteiger partial charge in [-0.1, -0.05) is 29.8 Å². The van der Waals surface area contributed by atoms with Crippen molar-refractivity contribution >= 4 is 35.6 Å². The highest BCUT2D eigenvalue weighted by Gasteiger charge is 2.38. The van der Waals surface area contributed by atoms with Crippen molar-refractivity contribution in [1.29, 1.82) is 0 Å². The molecule has 0 aromatic heterocycles. The zero-order valence-corrected chi connectivity index (χ0v) is 20.0. The number of hydrogen-bond acceptors (Lipinski definition) is 6. The predicted octanol–water partition coefficient (Wildman–Crippen LogP) is 4.91. The molecule has 0 atom stereocenters. The second-order valence-electron chi connectivity index (χ2n) is 8.17. The molecule has 11 heteroatoms. The smallest absolute Gasteiger partial charge is 0.416 e. The van der Waals surface area contributed by atoms with Crippen LogP contribution in [0.1, 0.15) is 27.0 Å². The lowest BCUT2D eigenvalue weighted by Crippen LogP contribution is -2.54. The van der Waals surface area contributed by atoms with E-state index in [1.54, 1.807) is 24.3 Å². The highest BCUT2D eigenvalue weighted by atomic mass is 19.4. The number of carbonyl (C=O) groups is 4. The lowest BCUT2D eigenvalue weighted by Gasteiger charge is -2.27. The Morgan fingerprint density at radius 1 is 0.947 bits per heavy atom. The van der Waals surface area contributed by atoms with E-state index in [0.29, 0.717) is 16.5 Å². The molecule has 38 heavy (non-hydrogen) atoms. The standard InChI is InChI=1S/C27H19F3N2O6/c1-15-6-9-17(10-7-15)25(35)38-21-11-8-16(13-22(21)37-2)12-20-23(33)31-26(36)32(24(20)34)19-5-3-4-18(14-19)27(28,29)30/h3-14H,1-2H3,(H,31,33,36)/b20-12+. The Balaban J connectivity index is 1.63. The van der Waals surface area contributed by atoms with Crippen molar-refractivity contribution < 1.29 is 41.8 Å². The van der Waals surface area contributed by atoms with E-state index in [1.807, 2.05) is 12.2 Å². The molecule has 194 valence electrons. The summed E-state index contributed by atoms with van der Waals surface area (Å²) in [5.74, 6) is -2.61. The van der Waals surface area contributed by atoms with E-state index in [1.165, 1.54) is 25.3 Å². The van der Waals surface area contributed by atoms with E-state index < -0.39 is 41.1 Å². The quantitative estimate of drug-likeness (QED) is 0.220. The Morgan fingerprint density at radius 2 is 1.66 bits per heavy atom. The maximum absolute atomic E-state index is 13.1. The Labute approximate surface area is 214 Å². The number of aryl methyl sites for hydroxylation is 1. The maximum atomic E-state index is 13.1. The van der Waals surface area contributed by atoms with Gasteiger partial charge in [0.15, 0.2) is 11.5 Å². The molecule has 1 aliphatic heterocycles. The van der Waals surface area contributed by atoms with Gasteiger partial charge in [0.1, 0.15) is 5.57 Å². The molecule has 4 rings (SSSR count). The zero-order chi connectivity index (χ0) is 27.6. The summed E-state index contributed by atoms with van der Waals surface area (Å²) in [6.45, 7) is 1.87. The fourth-order valence-corrected chi connectivity index (χ4v) is 3.59. The number of hydrogen-bond donors (Lipinski definition) is 1. The first kappa shape index (κ1) is 26.1. The van der Waals surface area contributed by atoms with Crippen LogP contribution in [-0.4, -0.2) is 30.9 Å². The van der Waals surface area contributed by atoms with E-state index in [9.17, 15) is 32.3 Å². The van der Waals surface area contributed by atoms with E-state index in [0.717, 1.165) is 29.8 Å². The molecule has 1 fully saturated rings. The number of nitrogens with zero attached hydrogens (tertiary/aromatic N) is 1. The van der Waals surface area contributed by atoms with Gasteiger partial charge in [-0.15, -0.1) is 0 Å². The predicted molar refractivity (Wildman–Crippen MR) is 130 cm³/mol. The minimum atomic E-state index is -4.71. The van der Waals surface area contributed by atoms with Crippen molar-refractivity contribution in [1.82, 2.24) is 5.32 Å². The molecule has 1 heterocycles. The van der Waals surface area contributed by atoms with E-state index >= 15 is 0 Å². The molecule has 0 spiro atoms. The van der Waals surface area contributed by atoms with Crippen LogP contribution in [0, 0.1) is 6.92 Å². The number of benzene rings is 3. The van der Waals surface area contributed by atoms with E-state index in [4.69, 9.17) is 9.47 Å². The van der Waals surface area contributed by atoms with Gasteiger partial charge < -0.3 is 9.47 Å². The number of nitrogens with one attached hydrogen (secondary N) is 1. The Morgan fingerprint density at radius 3 is 2.32 bits per heavy atom. The summed E-state index contributed by atoms with van der Waals surface area (Å²) in [7, 11) is 1.32. The van der Waals surface area contributed by atoms with Crippen molar-refractivity contribution in [2.45, 2.75) is 13.1 Å². The summed E-state index contributed by atoms with van der Waals surface area (Å²) >= 11 is 0. The highest BCUT2D eigenvalue weighted by molar-refractivity contribution is 6.39. The third kappa shape index (κ3) is 5.41. The molecule has 1 saturated heterocycles. The first-order chi connectivity index (χ1) is 18.0. The average Bonchev–Trinajstić information content (AvgIpc) is 2.87. The average molecular weight is 524 g/mol. The fraction of sp³-hybridized carbons (Fsp3) is 0.111. The van der Waals surface area contributed by atoms with Crippen LogP contribution in [0.4, 0.5) is 23.7 Å². The number of rotatable bonds is 5. The number of urea groups is 1. The molecular weight excluding hydrogens is 505 g/mol. The number of ether oxygens (including phenoxy) is 2. The number of imide groups is 2. The molecule has 0 unspecified atom stereocenters. The van der Waals surface area contributed by atoms with Crippen LogP contribution in [-0.2, 0) is 15.8 Å². The number of halogens is 3. The molecule has 0 aliphatic carbocycles. The topological polar surface area (TPSA) is 102 Å². The van der Waals surface area contributed by atoms with Crippen LogP contribution < -0.4 is 19.7 Å². The zero-order valence-electron chi connectivity index (χ0n) is 20.0. The van der Waals surface area contributed by atoms with Gasteiger partial charge in [-0.3, -0.25) is 14.9 Å². The molecule has 0 radical (unpaired) electrons. The lowest BCUT2D eigenvalue weighted by molar-refractivity contribution is -0.137. The van der Waals surface area contributed by atoms with Crippen molar-refractivity contribution in [2.24, 2.45) is 0 Å². The van der Waals surface area contributed by atoms with Gasteiger partial charge in [-0.05, 0) is 61.0 Å². The van der Waals surface area contributed by atoms with Crippen LogP contribution in [0.5, 0.6) is 11.5 Å². The number of anilines is 1. The molecule has 3 aromatic carbocycles. The third-order valence-corrected chi connectivity index (χ3v) is 5.52. The Hall–Kier alpha value is -4.93. The van der Waals surface area contributed by atoms with Gasteiger partial charge in [0, 0.05) is 0 Å². The largest absolute Gasteiger partial charge is 0.493 e. The SMILES string of the molecule is COc1cc(/C=C2\C(=O)NC(=O)N(c3cccc(C(F)(F)F)c3)C2=O)ccc1OC(=O)c1ccc(C)cc1. The van der Waals surface area contributed by atoms with Gasteiger partial charge in [0.05, 0.1) is 23.9 Å². The monoisotopic (exact) mass is 524 g/mol. The molecule has 0 bridgehead atoms. The number of carbonyl (C=O) groups excluding carboxylic acids is 4. The van der Waals surface area contributed by atoms with Crippen molar-refractivity contribution in [2.75, 3.05) is 12.0 Å². The molecule has 1 aliphatic rings. The summed E-state index contributed by atoms with van der Waals surface area (Å²) in [5.41, 5.74) is -0.406. The van der Waals surface area contributed by atoms with Crippen LogP contribution in [0.3, 0.4) is 0 Å². The second-order valence-corrected chi connectivity index (χ2v) is 8.17. The number of esters is 1. The summed E-state index contributed by atoms with van der Waals surface area (Å²) < 4.78 is 50.1. The Kier molecular flexibility index (Phi) is 7.02. The van der Waals surface area contributed by atoms with Crippen molar-refractivity contribution in [3.63, 3.8) is 0 Å². The molecule has 4 amide bonds. The van der Waals surface area contributed by atoms with Crippen LogP contribution in [0.2, 0.25) is 0 Å². The molecule has 3 aromatic rings. The number of barbiturate groups is 1. The minimum absolute atomic E-state index is 0.0698. The van der Waals surface area contributed by atoms with Gasteiger partial charge in [0.25, 0.3) is 11.8 Å². The summed E-state index contributed by atoms with van der Waals surface area (Å²) in [4.78, 5) is 50.8. The molecular formula is C27H19F3N2O6. The summed E-state index contributed by atoms with van der Waals surface area (Å²) in [6, 6.07) is 13.3. The van der Waals surface area contributed by atoms with Crippen LogP contribution >= 0.6 is 0 Å². The number of amides is 4. The van der Waals surface area contributed by atoms with Gasteiger partial charge in [0.2, 0.25) is 0 Å². The third-order valence-electron chi connectivity index (χ3n) is 5.52. The first-order valence-electron chi connectivity index (χ1n) is 11.0. The summed E-state index contributed by atoms with van der Waals surface area (Å²) in [5, 5.41) is 1.95. The first-order valence-corrected chi connectivity index (χ1v) is 11.0. The molecule has 0 saturated carbocycles. The van der Waals surface area contributed by atoms with E-state index in [2.05, 4.69) is 0 Å². The van der Waals surface area contributed by atoms with Gasteiger partial charge in [-0.25, -0.2) is 14.5 Å². The normalized spacial score (nSPS) is 14.9. The lowest BCUT2D eigenvalue weighted by atomic mass is 10.1. The second kappa shape index (κ2) is 10.2. The number of methoxy groups -OCH3 is 1. The molecule has 8 nitrogen and oxygen atoms in total.